The summed E-state index contributed by atoms with van der Waals surface area (Å²) in [6.45, 7) is 13.4. The molecule has 0 heterocycles. The van der Waals surface area contributed by atoms with E-state index in [1.807, 2.05) is 0 Å². The summed E-state index contributed by atoms with van der Waals surface area (Å²) < 4.78 is 0. The molecular formula is C15H28OSi2. The average molecular weight is 281 g/mol. The fourth-order valence-electron chi connectivity index (χ4n) is 1.28. The molecule has 0 amide bonds. The van der Waals surface area contributed by atoms with E-state index in [2.05, 4.69) is 62.2 Å². The fraction of sp³-hybridized carbons (Fsp3) is 0.733. The molecule has 0 aromatic carbocycles. The van der Waals surface area contributed by atoms with Gasteiger partial charge in [0.25, 0.3) is 0 Å². The lowest BCUT2D eigenvalue weighted by molar-refractivity contribution is 0.158. The van der Waals surface area contributed by atoms with Crippen LogP contribution in [0.3, 0.4) is 0 Å². The van der Waals surface area contributed by atoms with Crippen molar-refractivity contribution in [1.29, 1.82) is 0 Å². The lowest BCUT2D eigenvalue weighted by Crippen LogP contribution is -2.16. The van der Waals surface area contributed by atoms with Gasteiger partial charge in [0.1, 0.15) is 16.1 Å². The Morgan fingerprint density at radius 3 is 1.39 bits per heavy atom. The van der Waals surface area contributed by atoms with Crippen molar-refractivity contribution in [1.82, 2.24) is 0 Å². The molecule has 0 radical (unpaired) electrons. The number of rotatable bonds is 4. The average Bonchev–Trinajstić information content (AvgIpc) is 2.17. The van der Waals surface area contributed by atoms with Crippen molar-refractivity contribution >= 4 is 16.1 Å². The Morgan fingerprint density at radius 2 is 1.11 bits per heavy atom. The largest absolute Gasteiger partial charge is 0.393 e. The topological polar surface area (TPSA) is 20.2 Å². The molecule has 0 aliphatic carbocycles. The maximum absolute atomic E-state index is 9.80. The van der Waals surface area contributed by atoms with Crippen LogP contribution in [0.25, 0.3) is 0 Å². The molecule has 18 heavy (non-hydrogen) atoms. The molecular weight excluding hydrogens is 252 g/mol. The molecule has 1 N–H and O–H groups in total. The van der Waals surface area contributed by atoms with E-state index in [0.717, 1.165) is 25.7 Å². The Bertz CT molecular complexity index is 316. The van der Waals surface area contributed by atoms with Gasteiger partial charge in [-0.25, -0.2) is 0 Å². The molecule has 1 nitrogen and oxygen atoms in total. The maximum Gasteiger partial charge on any atom is 0.129 e. The van der Waals surface area contributed by atoms with Gasteiger partial charge in [-0.3, -0.25) is 0 Å². The Balaban J connectivity index is 3.81. The predicted octanol–water partition coefficient (Wildman–Crippen LogP) is 3.67. The summed E-state index contributed by atoms with van der Waals surface area (Å²) in [5.41, 5.74) is 6.64. The van der Waals surface area contributed by atoms with Crippen molar-refractivity contribution in [2.45, 2.75) is 71.1 Å². The maximum atomic E-state index is 9.80. The van der Waals surface area contributed by atoms with E-state index in [9.17, 15) is 5.11 Å². The van der Waals surface area contributed by atoms with E-state index in [0.29, 0.717) is 0 Å². The quantitative estimate of drug-likeness (QED) is 0.615. The van der Waals surface area contributed by atoms with Crippen molar-refractivity contribution in [3.8, 4) is 22.9 Å². The number of hydrogen-bond donors (Lipinski definition) is 1. The van der Waals surface area contributed by atoms with Crippen LogP contribution in [0, 0.1) is 22.9 Å². The zero-order chi connectivity index (χ0) is 14.2. The first-order chi connectivity index (χ1) is 8.10. The molecule has 0 saturated carbocycles. The van der Waals surface area contributed by atoms with Crippen LogP contribution in [-0.4, -0.2) is 27.4 Å². The molecule has 0 saturated heterocycles. The number of aliphatic hydroxyl groups excluding tert-OH is 1. The number of hydrogen-bond acceptors (Lipinski definition) is 1. The highest BCUT2D eigenvalue weighted by Gasteiger charge is 2.08. The van der Waals surface area contributed by atoms with Crippen LogP contribution in [0.1, 0.15) is 25.7 Å². The highest BCUT2D eigenvalue weighted by Crippen LogP contribution is 2.05. The highest BCUT2D eigenvalue weighted by atomic mass is 28.3. The van der Waals surface area contributed by atoms with Crippen LogP contribution in [-0.2, 0) is 0 Å². The Morgan fingerprint density at radius 1 is 0.778 bits per heavy atom. The van der Waals surface area contributed by atoms with E-state index in [-0.39, 0.29) is 6.10 Å². The Kier molecular flexibility index (Phi) is 7.63. The second kappa shape index (κ2) is 7.84. The fourth-order valence-corrected chi connectivity index (χ4v) is 2.59. The summed E-state index contributed by atoms with van der Waals surface area (Å²) in [6, 6.07) is 0. The molecule has 0 rings (SSSR count). The van der Waals surface area contributed by atoms with Gasteiger partial charge < -0.3 is 5.11 Å². The lowest BCUT2D eigenvalue weighted by Gasteiger charge is -2.07. The monoisotopic (exact) mass is 280 g/mol. The van der Waals surface area contributed by atoms with Gasteiger partial charge in [-0.05, 0) is 12.8 Å². The van der Waals surface area contributed by atoms with Crippen LogP contribution in [0.5, 0.6) is 0 Å². The van der Waals surface area contributed by atoms with Crippen molar-refractivity contribution in [3.63, 3.8) is 0 Å². The van der Waals surface area contributed by atoms with Gasteiger partial charge in [-0.2, -0.15) is 0 Å². The van der Waals surface area contributed by atoms with Crippen LogP contribution < -0.4 is 0 Å². The third-order valence-electron chi connectivity index (χ3n) is 2.13. The third-order valence-corrected chi connectivity index (χ3v) is 3.99. The zero-order valence-corrected chi connectivity index (χ0v) is 14.9. The van der Waals surface area contributed by atoms with E-state index in [1.165, 1.54) is 0 Å². The summed E-state index contributed by atoms with van der Waals surface area (Å²) in [4.78, 5) is 0. The van der Waals surface area contributed by atoms with Crippen LogP contribution in [0.2, 0.25) is 39.3 Å². The molecule has 0 aromatic rings. The second-order valence-electron chi connectivity index (χ2n) is 6.83. The Hall–Kier alpha value is -0.486. The standard InChI is InChI=1S/C15H28OSi2/c1-17(2,3)13-9-7-11-15(16)12-8-10-14-18(4,5)6/h15-16H,7-8,11-12H2,1-6H3. The van der Waals surface area contributed by atoms with Crippen LogP contribution in [0.4, 0.5) is 0 Å². The van der Waals surface area contributed by atoms with Crippen LogP contribution in [0.15, 0.2) is 0 Å². The molecule has 0 unspecified atom stereocenters. The Labute approximate surface area is 115 Å². The van der Waals surface area contributed by atoms with Gasteiger partial charge in [-0.15, -0.1) is 22.9 Å². The minimum Gasteiger partial charge on any atom is -0.393 e. The van der Waals surface area contributed by atoms with E-state index < -0.39 is 16.1 Å². The van der Waals surface area contributed by atoms with E-state index in [1.54, 1.807) is 0 Å². The number of aliphatic hydroxyl groups is 1. The first-order valence-electron chi connectivity index (χ1n) is 6.78. The van der Waals surface area contributed by atoms with E-state index in [4.69, 9.17) is 0 Å². The lowest BCUT2D eigenvalue weighted by atomic mass is 10.1. The summed E-state index contributed by atoms with van der Waals surface area (Å²) in [7, 11) is -2.48. The first-order valence-corrected chi connectivity index (χ1v) is 13.8. The van der Waals surface area contributed by atoms with Gasteiger partial charge in [0, 0.05) is 12.8 Å². The molecule has 102 valence electrons. The molecule has 0 aliphatic heterocycles. The molecule has 0 fully saturated rings. The van der Waals surface area contributed by atoms with Gasteiger partial charge in [0.05, 0.1) is 6.10 Å². The summed E-state index contributed by atoms with van der Waals surface area (Å²) in [5, 5.41) is 9.80. The summed E-state index contributed by atoms with van der Waals surface area (Å²) >= 11 is 0. The third kappa shape index (κ3) is 13.6. The normalized spacial score (nSPS) is 11.6. The van der Waals surface area contributed by atoms with E-state index >= 15 is 0 Å². The second-order valence-corrected chi connectivity index (χ2v) is 16.3. The minimum atomic E-state index is -1.24. The van der Waals surface area contributed by atoms with Crippen molar-refractivity contribution in [2.24, 2.45) is 0 Å². The van der Waals surface area contributed by atoms with Gasteiger partial charge in [-0.1, -0.05) is 39.3 Å². The molecule has 0 atom stereocenters. The highest BCUT2D eigenvalue weighted by molar-refractivity contribution is 6.84. The smallest absolute Gasteiger partial charge is 0.129 e. The SMILES string of the molecule is C[Si](C)(C)C#CCCC(O)CCC#C[Si](C)(C)C. The molecule has 0 aromatic heterocycles. The van der Waals surface area contributed by atoms with Gasteiger partial charge >= 0.3 is 0 Å². The van der Waals surface area contributed by atoms with Crippen molar-refractivity contribution < 1.29 is 5.11 Å². The van der Waals surface area contributed by atoms with Gasteiger partial charge in [0.2, 0.25) is 0 Å². The molecule has 0 bridgehead atoms. The predicted molar refractivity (Wildman–Crippen MR) is 86.7 cm³/mol. The van der Waals surface area contributed by atoms with Gasteiger partial charge in [0.15, 0.2) is 0 Å². The van der Waals surface area contributed by atoms with Crippen LogP contribution >= 0.6 is 0 Å². The molecule has 0 spiro atoms. The minimum absolute atomic E-state index is 0.239. The first kappa shape index (κ1) is 17.5. The summed E-state index contributed by atoms with van der Waals surface area (Å²) in [6.07, 6.45) is 2.95. The van der Waals surface area contributed by atoms with Crippen molar-refractivity contribution in [3.05, 3.63) is 0 Å². The molecule has 3 heteroatoms. The summed E-state index contributed by atoms with van der Waals surface area (Å²) in [5.74, 6) is 6.39. The zero-order valence-electron chi connectivity index (χ0n) is 12.9. The molecule has 0 aliphatic rings. The van der Waals surface area contributed by atoms with Crippen molar-refractivity contribution in [2.75, 3.05) is 0 Å².